The first kappa shape index (κ1) is 22.8. The summed E-state index contributed by atoms with van der Waals surface area (Å²) in [5.41, 5.74) is 5.86. The molecule has 31 heavy (non-hydrogen) atoms. The van der Waals surface area contributed by atoms with Crippen LogP contribution in [-0.2, 0) is 16.0 Å². The number of rotatable bonds is 7. The van der Waals surface area contributed by atoms with Gasteiger partial charge in [0.15, 0.2) is 0 Å². The molecule has 3 aromatic heterocycles. The Kier molecular flexibility index (Phi) is 6.67. The highest BCUT2D eigenvalue weighted by Gasteiger charge is 2.25. The topological polar surface area (TPSA) is 157 Å². The second-order valence-corrected chi connectivity index (χ2v) is 9.97. The van der Waals surface area contributed by atoms with E-state index in [4.69, 9.17) is 10.5 Å². The first-order chi connectivity index (χ1) is 14.5. The number of nitrogens with one attached hydrogen (secondary N) is 1. The summed E-state index contributed by atoms with van der Waals surface area (Å²) < 4.78 is 5.12. The monoisotopic (exact) mass is 481 g/mol. The maximum Gasteiger partial charge on any atom is 0.408 e. The van der Waals surface area contributed by atoms with Crippen molar-refractivity contribution in [2.45, 2.75) is 38.8 Å². The molecular weight excluding hydrogens is 462 g/mol. The van der Waals surface area contributed by atoms with E-state index >= 15 is 0 Å². The van der Waals surface area contributed by atoms with Crippen LogP contribution in [0.1, 0.15) is 36.3 Å². The maximum atomic E-state index is 11.9. The predicted octanol–water partition coefficient (Wildman–Crippen LogP) is 3.01. The third kappa shape index (κ3) is 6.06. The van der Waals surface area contributed by atoms with E-state index in [0.29, 0.717) is 26.4 Å². The molecule has 0 aliphatic rings. The number of thiazole rings is 3. The zero-order valence-electron chi connectivity index (χ0n) is 16.7. The summed E-state index contributed by atoms with van der Waals surface area (Å²) in [5, 5.41) is 18.6. The summed E-state index contributed by atoms with van der Waals surface area (Å²) in [5.74, 6) is -1.79. The number of primary amides is 1. The predicted molar refractivity (Wildman–Crippen MR) is 117 cm³/mol. The molecule has 0 aromatic carbocycles. The van der Waals surface area contributed by atoms with Gasteiger partial charge in [0.05, 0.1) is 5.01 Å². The highest BCUT2D eigenvalue weighted by molar-refractivity contribution is 7.16. The normalized spacial score (nSPS) is 12.4. The minimum atomic E-state index is -1.19. The van der Waals surface area contributed by atoms with E-state index in [1.807, 2.05) is 0 Å². The second-order valence-electron chi connectivity index (χ2n) is 7.31. The van der Waals surface area contributed by atoms with E-state index in [-0.39, 0.29) is 12.1 Å². The molecule has 3 rings (SSSR count). The number of hydrogen-bond acceptors (Lipinski definition) is 10. The van der Waals surface area contributed by atoms with Crippen LogP contribution in [0.3, 0.4) is 0 Å². The van der Waals surface area contributed by atoms with Gasteiger partial charge in [-0.2, -0.15) is 0 Å². The Morgan fingerprint density at radius 3 is 2.29 bits per heavy atom. The Morgan fingerprint density at radius 2 is 1.68 bits per heavy atom. The molecule has 10 nitrogen and oxygen atoms in total. The fourth-order valence-electron chi connectivity index (χ4n) is 2.32. The molecule has 2 amide bonds. The third-order valence-corrected chi connectivity index (χ3v) is 6.22. The number of alkyl carbamates (subject to hydrolysis) is 1. The van der Waals surface area contributed by atoms with Gasteiger partial charge in [0.2, 0.25) is 0 Å². The standard InChI is InChI=1S/C18H19N5O5S3/c1-18(2,3)28-17(27)23-8(16(25)26)4-12-20-10(6-29-12)14-22-11(7-31-14)15-21-9(5-30-15)13(19)24/h5-8H,4H2,1-3H3,(H2,19,24)(H,23,27)(H,25,26). The highest BCUT2D eigenvalue weighted by atomic mass is 32.1. The molecule has 0 fully saturated rings. The van der Waals surface area contributed by atoms with Gasteiger partial charge < -0.3 is 20.9 Å². The average Bonchev–Trinajstić information content (AvgIpc) is 3.39. The van der Waals surface area contributed by atoms with E-state index in [1.54, 1.807) is 36.9 Å². The van der Waals surface area contributed by atoms with E-state index in [9.17, 15) is 19.5 Å². The quantitative estimate of drug-likeness (QED) is 0.465. The van der Waals surface area contributed by atoms with Gasteiger partial charge in [0.25, 0.3) is 5.91 Å². The Morgan fingerprint density at radius 1 is 1.06 bits per heavy atom. The summed E-state index contributed by atoms with van der Waals surface area (Å²) >= 11 is 3.88. The number of carboxylic acids is 1. The van der Waals surface area contributed by atoms with Crippen molar-refractivity contribution in [1.82, 2.24) is 20.3 Å². The van der Waals surface area contributed by atoms with Crippen molar-refractivity contribution in [3.05, 3.63) is 26.8 Å². The van der Waals surface area contributed by atoms with E-state index in [1.165, 1.54) is 34.0 Å². The summed E-state index contributed by atoms with van der Waals surface area (Å²) in [6.07, 6.45) is -0.800. The molecule has 1 atom stereocenters. The van der Waals surface area contributed by atoms with Gasteiger partial charge in [-0.05, 0) is 20.8 Å². The first-order valence-electron chi connectivity index (χ1n) is 8.90. The van der Waals surface area contributed by atoms with Gasteiger partial charge in [-0.3, -0.25) is 4.79 Å². The van der Waals surface area contributed by atoms with Crippen molar-refractivity contribution >= 4 is 52.0 Å². The molecule has 1 unspecified atom stereocenters. The number of carbonyl (C=O) groups excluding carboxylic acids is 2. The smallest absolute Gasteiger partial charge is 0.408 e. The average molecular weight is 482 g/mol. The van der Waals surface area contributed by atoms with Crippen LogP contribution < -0.4 is 11.1 Å². The van der Waals surface area contributed by atoms with Crippen molar-refractivity contribution in [2.75, 3.05) is 0 Å². The molecule has 0 saturated heterocycles. The number of carboxylic acid groups (broad SMARTS) is 1. The van der Waals surface area contributed by atoms with E-state index < -0.39 is 29.6 Å². The van der Waals surface area contributed by atoms with Gasteiger partial charge in [-0.1, -0.05) is 0 Å². The Labute approximate surface area is 189 Å². The molecular formula is C18H19N5O5S3. The molecule has 0 aliphatic carbocycles. The van der Waals surface area contributed by atoms with Gasteiger partial charge in [-0.25, -0.2) is 24.5 Å². The molecule has 0 radical (unpaired) electrons. The number of amides is 2. The molecule has 0 saturated carbocycles. The van der Waals surface area contributed by atoms with Crippen LogP contribution in [0.25, 0.3) is 21.4 Å². The van der Waals surface area contributed by atoms with Crippen molar-refractivity contribution in [1.29, 1.82) is 0 Å². The van der Waals surface area contributed by atoms with Crippen molar-refractivity contribution in [2.24, 2.45) is 5.73 Å². The lowest BCUT2D eigenvalue weighted by molar-refractivity contribution is -0.139. The molecule has 164 valence electrons. The zero-order chi connectivity index (χ0) is 22.8. The number of nitrogens with two attached hydrogens (primary N) is 1. The fourth-order valence-corrected chi connectivity index (χ4v) is 4.83. The lowest BCUT2D eigenvalue weighted by Crippen LogP contribution is -2.44. The highest BCUT2D eigenvalue weighted by Crippen LogP contribution is 2.31. The van der Waals surface area contributed by atoms with Crippen LogP contribution in [0.15, 0.2) is 16.1 Å². The zero-order valence-corrected chi connectivity index (χ0v) is 19.2. The fraction of sp³-hybridized carbons (Fsp3) is 0.333. The van der Waals surface area contributed by atoms with Gasteiger partial charge in [-0.15, -0.1) is 34.0 Å². The molecule has 0 spiro atoms. The maximum absolute atomic E-state index is 11.9. The van der Waals surface area contributed by atoms with E-state index in [0.717, 1.165) is 0 Å². The van der Waals surface area contributed by atoms with Gasteiger partial charge >= 0.3 is 12.1 Å². The summed E-state index contributed by atoms with van der Waals surface area (Å²) in [6.45, 7) is 5.08. The molecule has 3 aromatic rings. The van der Waals surface area contributed by atoms with Gasteiger partial charge in [0.1, 0.15) is 38.7 Å². The summed E-state index contributed by atoms with van der Waals surface area (Å²) in [7, 11) is 0. The molecule has 0 aliphatic heterocycles. The van der Waals surface area contributed by atoms with Crippen LogP contribution in [0.4, 0.5) is 4.79 Å². The van der Waals surface area contributed by atoms with Crippen molar-refractivity contribution < 1.29 is 24.2 Å². The number of aliphatic carboxylic acids is 1. The van der Waals surface area contributed by atoms with Crippen molar-refractivity contribution in [3.63, 3.8) is 0 Å². The van der Waals surface area contributed by atoms with Crippen molar-refractivity contribution in [3.8, 4) is 21.4 Å². The Bertz CT molecular complexity index is 1110. The van der Waals surface area contributed by atoms with Gasteiger partial charge in [0, 0.05) is 22.6 Å². The molecule has 13 heteroatoms. The summed E-state index contributed by atoms with van der Waals surface area (Å²) in [6, 6.07) is -1.18. The SMILES string of the molecule is CC(C)(C)OC(=O)NC(Cc1nc(-c2nc(-c3nc(C(N)=O)cs3)cs2)cs1)C(=O)O. The minimum absolute atomic E-state index is 0.00588. The van der Waals surface area contributed by atoms with Crippen LogP contribution in [0.5, 0.6) is 0 Å². The Balaban J connectivity index is 1.70. The lowest BCUT2D eigenvalue weighted by Gasteiger charge is -2.21. The minimum Gasteiger partial charge on any atom is -0.480 e. The molecule has 4 N–H and O–H groups in total. The van der Waals surface area contributed by atoms with Crippen LogP contribution in [-0.4, -0.2) is 49.7 Å². The number of aromatic nitrogens is 3. The number of ether oxygens (including phenoxy) is 1. The Hall–Kier alpha value is -2.90. The van der Waals surface area contributed by atoms with Crippen LogP contribution in [0, 0.1) is 0 Å². The number of nitrogens with zero attached hydrogens (tertiary/aromatic N) is 3. The van der Waals surface area contributed by atoms with Crippen LogP contribution in [0.2, 0.25) is 0 Å². The molecule has 0 bridgehead atoms. The largest absolute Gasteiger partial charge is 0.480 e. The van der Waals surface area contributed by atoms with E-state index in [2.05, 4.69) is 20.3 Å². The number of carbonyl (C=O) groups is 3. The lowest BCUT2D eigenvalue weighted by atomic mass is 10.2. The van der Waals surface area contributed by atoms with Crippen LogP contribution >= 0.6 is 34.0 Å². The first-order valence-corrected chi connectivity index (χ1v) is 11.5. The number of hydrogen-bond donors (Lipinski definition) is 3. The molecule has 3 heterocycles. The third-order valence-electron chi connectivity index (χ3n) is 3.62. The summed E-state index contributed by atoms with van der Waals surface area (Å²) in [4.78, 5) is 47.8. The second kappa shape index (κ2) is 9.08.